The summed E-state index contributed by atoms with van der Waals surface area (Å²) in [4.78, 5) is 15.2. The Labute approximate surface area is 256 Å². The minimum absolute atomic E-state index is 0.708. The van der Waals surface area contributed by atoms with Crippen molar-refractivity contribution in [1.29, 1.82) is 0 Å². The zero-order valence-electron chi connectivity index (χ0n) is 23.9. The fourth-order valence-corrected chi connectivity index (χ4v) is 5.89. The molecule has 0 unspecified atom stereocenters. The maximum absolute atomic E-state index is 5.17. The van der Waals surface area contributed by atoms with Crippen LogP contribution in [0, 0.1) is 0 Å². The Bertz CT molecular complexity index is 2190. The monoisotopic (exact) mass is 561 g/mol. The van der Waals surface area contributed by atoms with Crippen molar-refractivity contribution in [2.24, 2.45) is 0 Å². The molecule has 0 fully saturated rings. The quantitative estimate of drug-likeness (QED) is 0.196. The molecule has 0 spiro atoms. The van der Waals surface area contributed by atoms with E-state index >= 15 is 0 Å². The van der Waals surface area contributed by atoms with Gasteiger partial charge in [-0.25, -0.2) is 15.0 Å². The van der Waals surface area contributed by atoms with Gasteiger partial charge < -0.3 is 0 Å². The van der Waals surface area contributed by atoms with E-state index in [0.29, 0.717) is 5.82 Å². The van der Waals surface area contributed by atoms with Crippen molar-refractivity contribution in [2.45, 2.75) is 0 Å². The number of aromatic nitrogens is 3. The molecule has 206 valence electrons. The summed E-state index contributed by atoms with van der Waals surface area (Å²) in [6.07, 6.45) is 0. The SMILES string of the molecule is c1ccc(-c2cc(-c3ccc4ccc5nc(-c6ccccc6)cc(-c6ccccc6)c5c4c3)nc(-c3ccccc3)n2)cc1. The van der Waals surface area contributed by atoms with Crippen molar-refractivity contribution in [1.82, 2.24) is 15.0 Å². The summed E-state index contributed by atoms with van der Waals surface area (Å²) in [6.45, 7) is 0. The molecule has 0 aliphatic heterocycles. The van der Waals surface area contributed by atoms with Gasteiger partial charge >= 0.3 is 0 Å². The summed E-state index contributed by atoms with van der Waals surface area (Å²) in [5.41, 5.74) is 10.2. The molecule has 0 radical (unpaired) electrons. The van der Waals surface area contributed by atoms with Gasteiger partial charge in [-0.2, -0.15) is 0 Å². The predicted octanol–water partition coefficient (Wildman–Crippen LogP) is 10.5. The summed E-state index contributed by atoms with van der Waals surface area (Å²) in [7, 11) is 0. The van der Waals surface area contributed by atoms with Crippen LogP contribution in [0.3, 0.4) is 0 Å². The third kappa shape index (κ3) is 4.81. The lowest BCUT2D eigenvalue weighted by molar-refractivity contribution is 1.18. The van der Waals surface area contributed by atoms with Crippen LogP contribution < -0.4 is 0 Å². The molecule has 2 heterocycles. The van der Waals surface area contributed by atoms with E-state index in [-0.39, 0.29) is 0 Å². The molecule has 0 saturated carbocycles. The first-order valence-corrected chi connectivity index (χ1v) is 14.8. The van der Waals surface area contributed by atoms with Crippen molar-refractivity contribution in [2.75, 3.05) is 0 Å². The Kier molecular flexibility index (Phi) is 6.47. The molecule has 2 aromatic heterocycles. The van der Waals surface area contributed by atoms with Gasteiger partial charge in [0, 0.05) is 27.6 Å². The molecular formula is C41H27N3. The van der Waals surface area contributed by atoms with Crippen LogP contribution >= 0.6 is 0 Å². The largest absolute Gasteiger partial charge is 0.248 e. The molecule has 44 heavy (non-hydrogen) atoms. The van der Waals surface area contributed by atoms with E-state index < -0.39 is 0 Å². The first-order valence-electron chi connectivity index (χ1n) is 14.8. The zero-order valence-corrected chi connectivity index (χ0v) is 23.9. The molecule has 0 amide bonds. The summed E-state index contributed by atoms with van der Waals surface area (Å²) >= 11 is 0. The zero-order chi connectivity index (χ0) is 29.3. The first kappa shape index (κ1) is 25.8. The lowest BCUT2D eigenvalue weighted by Crippen LogP contribution is -1.96. The summed E-state index contributed by atoms with van der Waals surface area (Å²) in [6, 6.07) is 56.7. The predicted molar refractivity (Wildman–Crippen MR) is 182 cm³/mol. The number of fused-ring (bicyclic) bond motifs is 3. The highest BCUT2D eigenvalue weighted by atomic mass is 14.9. The highest BCUT2D eigenvalue weighted by Gasteiger charge is 2.15. The van der Waals surface area contributed by atoms with Crippen LogP contribution in [-0.2, 0) is 0 Å². The Morgan fingerprint density at radius 1 is 0.341 bits per heavy atom. The van der Waals surface area contributed by atoms with Crippen LogP contribution in [0.15, 0.2) is 164 Å². The van der Waals surface area contributed by atoms with Gasteiger partial charge in [-0.15, -0.1) is 0 Å². The van der Waals surface area contributed by atoms with Gasteiger partial charge in [-0.05, 0) is 46.2 Å². The van der Waals surface area contributed by atoms with Crippen molar-refractivity contribution < 1.29 is 0 Å². The lowest BCUT2D eigenvalue weighted by atomic mass is 9.93. The average molecular weight is 562 g/mol. The normalized spacial score (nSPS) is 11.2. The lowest BCUT2D eigenvalue weighted by Gasteiger charge is -2.14. The second-order valence-corrected chi connectivity index (χ2v) is 10.9. The van der Waals surface area contributed by atoms with Gasteiger partial charge in [0.25, 0.3) is 0 Å². The van der Waals surface area contributed by atoms with Crippen LogP contribution in [-0.4, -0.2) is 15.0 Å². The highest BCUT2D eigenvalue weighted by molar-refractivity contribution is 6.14. The molecule has 8 aromatic rings. The first-order chi connectivity index (χ1) is 21.8. The van der Waals surface area contributed by atoms with Crippen LogP contribution in [0.2, 0.25) is 0 Å². The van der Waals surface area contributed by atoms with Gasteiger partial charge in [-0.1, -0.05) is 140 Å². The molecule has 6 aromatic carbocycles. The number of nitrogens with zero attached hydrogens (tertiary/aromatic N) is 3. The fourth-order valence-electron chi connectivity index (χ4n) is 5.89. The third-order valence-electron chi connectivity index (χ3n) is 8.07. The van der Waals surface area contributed by atoms with E-state index in [1.54, 1.807) is 0 Å². The van der Waals surface area contributed by atoms with E-state index in [1.807, 2.05) is 42.5 Å². The average Bonchev–Trinajstić information content (AvgIpc) is 3.12. The maximum Gasteiger partial charge on any atom is 0.160 e. The van der Waals surface area contributed by atoms with Gasteiger partial charge in [0.2, 0.25) is 0 Å². The molecular weight excluding hydrogens is 534 g/mol. The van der Waals surface area contributed by atoms with E-state index in [0.717, 1.165) is 72.1 Å². The molecule has 0 saturated heterocycles. The van der Waals surface area contributed by atoms with Gasteiger partial charge in [0.1, 0.15) is 0 Å². The van der Waals surface area contributed by atoms with E-state index in [9.17, 15) is 0 Å². The molecule has 0 atom stereocenters. The van der Waals surface area contributed by atoms with Gasteiger partial charge in [0.05, 0.1) is 22.6 Å². The smallest absolute Gasteiger partial charge is 0.160 e. The van der Waals surface area contributed by atoms with E-state index in [2.05, 4.69) is 121 Å². The minimum atomic E-state index is 0.708. The third-order valence-corrected chi connectivity index (χ3v) is 8.07. The number of benzene rings is 6. The summed E-state index contributed by atoms with van der Waals surface area (Å²) in [5.74, 6) is 0.708. The second kappa shape index (κ2) is 11.0. The van der Waals surface area contributed by atoms with Crippen molar-refractivity contribution in [3.8, 4) is 56.3 Å². The van der Waals surface area contributed by atoms with E-state index in [4.69, 9.17) is 15.0 Å². The van der Waals surface area contributed by atoms with Crippen molar-refractivity contribution in [3.63, 3.8) is 0 Å². The molecule has 0 N–H and O–H groups in total. The second-order valence-electron chi connectivity index (χ2n) is 10.9. The molecule has 0 aliphatic carbocycles. The molecule has 3 nitrogen and oxygen atoms in total. The number of hydrogen-bond donors (Lipinski definition) is 0. The molecule has 3 heteroatoms. The number of hydrogen-bond acceptors (Lipinski definition) is 3. The van der Waals surface area contributed by atoms with E-state index in [1.165, 1.54) is 0 Å². The van der Waals surface area contributed by atoms with Gasteiger partial charge in [-0.3, -0.25) is 0 Å². The Morgan fingerprint density at radius 3 is 1.45 bits per heavy atom. The molecule has 8 rings (SSSR count). The minimum Gasteiger partial charge on any atom is -0.248 e. The standard InChI is InChI=1S/C41H27N3/c1-5-13-28(14-6-1)35-26-37(30-15-7-2-8-16-30)42-36-24-23-29-21-22-33(25-34(29)40(35)36)39-27-38(31-17-9-3-10-18-31)43-41(44-39)32-19-11-4-12-20-32/h1-27H. The number of rotatable bonds is 5. The van der Waals surface area contributed by atoms with Crippen LogP contribution in [0.25, 0.3) is 78.0 Å². The van der Waals surface area contributed by atoms with Gasteiger partial charge in [0.15, 0.2) is 5.82 Å². The Morgan fingerprint density at radius 2 is 0.841 bits per heavy atom. The van der Waals surface area contributed by atoms with Crippen molar-refractivity contribution >= 4 is 21.7 Å². The van der Waals surface area contributed by atoms with Crippen LogP contribution in [0.1, 0.15) is 0 Å². The summed E-state index contributed by atoms with van der Waals surface area (Å²) in [5, 5.41) is 3.44. The van der Waals surface area contributed by atoms with Crippen LogP contribution in [0.5, 0.6) is 0 Å². The Hall–Kier alpha value is -5.93. The molecule has 0 bridgehead atoms. The van der Waals surface area contributed by atoms with Crippen molar-refractivity contribution in [3.05, 3.63) is 164 Å². The number of pyridine rings is 1. The maximum atomic E-state index is 5.17. The van der Waals surface area contributed by atoms with Crippen LogP contribution in [0.4, 0.5) is 0 Å². The highest BCUT2D eigenvalue weighted by Crippen LogP contribution is 2.38. The molecule has 0 aliphatic rings. The summed E-state index contributed by atoms with van der Waals surface area (Å²) < 4.78 is 0. The topological polar surface area (TPSA) is 38.7 Å². The Balaban J connectivity index is 1.38. The fraction of sp³-hybridized carbons (Fsp3) is 0.